The van der Waals surface area contributed by atoms with Gasteiger partial charge in [0, 0.05) is 33.9 Å². The van der Waals surface area contributed by atoms with Crippen molar-refractivity contribution in [1.29, 1.82) is 0 Å². The lowest BCUT2D eigenvalue weighted by Gasteiger charge is -2.23. The largest absolute Gasteiger partial charge is 0.500 e. The van der Waals surface area contributed by atoms with Crippen molar-refractivity contribution in [2.75, 3.05) is 21.3 Å². The SMILES string of the molecule is CCC[Si](OC)(OC)OC.NCc1ccccc1. The maximum atomic E-state index is 5.35. The van der Waals surface area contributed by atoms with E-state index in [0.29, 0.717) is 6.54 Å². The van der Waals surface area contributed by atoms with Crippen molar-refractivity contribution >= 4 is 8.80 Å². The Bertz CT molecular complexity index is 283. The van der Waals surface area contributed by atoms with Gasteiger partial charge >= 0.3 is 8.80 Å². The summed E-state index contributed by atoms with van der Waals surface area (Å²) in [4.78, 5) is 0. The zero-order chi connectivity index (χ0) is 13.9. The first-order valence-electron chi connectivity index (χ1n) is 6.07. The molecule has 104 valence electrons. The second-order valence-electron chi connectivity index (χ2n) is 3.74. The van der Waals surface area contributed by atoms with Gasteiger partial charge in [0.2, 0.25) is 0 Å². The fourth-order valence-corrected chi connectivity index (χ4v) is 3.20. The van der Waals surface area contributed by atoms with Crippen molar-refractivity contribution in [3.8, 4) is 0 Å². The Morgan fingerprint density at radius 2 is 1.50 bits per heavy atom. The molecule has 0 bridgehead atoms. The molecule has 0 saturated carbocycles. The highest BCUT2D eigenvalue weighted by Gasteiger charge is 2.36. The summed E-state index contributed by atoms with van der Waals surface area (Å²) in [5, 5.41) is 0. The molecule has 0 saturated heterocycles. The van der Waals surface area contributed by atoms with E-state index in [-0.39, 0.29) is 0 Å². The molecular weight excluding hydrogens is 246 g/mol. The summed E-state index contributed by atoms with van der Waals surface area (Å²) in [5.74, 6) is 0. The summed E-state index contributed by atoms with van der Waals surface area (Å²) in [7, 11) is 2.68. The molecule has 0 fully saturated rings. The third-order valence-electron chi connectivity index (χ3n) is 2.57. The van der Waals surface area contributed by atoms with Crippen molar-refractivity contribution in [3.63, 3.8) is 0 Å². The Labute approximate surface area is 111 Å². The fraction of sp³-hybridized carbons (Fsp3) is 0.538. The van der Waals surface area contributed by atoms with Crippen LogP contribution in [0.1, 0.15) is 18.9 Å². The van der Waals surface area contributed by atoms with Crippen LogP contribution in [0.2, 0.25) is 6.04 Å². The normalized spacial score (nSPS) is 10.7. The van der Waals surface area contributed by atoms with E-state index in [1.54, 1.807) is 21.3 Å². The predicted molar refractivity (Wildman–Crippen MR) is 76.2 cm³/mol. The lowest BCUT2D eigenvalue weighted by Crippen LogP contribution is -2.42. The Kier molecular flexibility index (Phi) is 9.81. The molecule has 1 aromatic rings. The molecule has 5 heteroatoms. The van der Waals surface area contributed by atoms with Gasteiger partial charge in [0.15, 0.2) is 0 Å². The van der Waals surface area contributed by atoms with Crippen LogP contribution in [0.5, 0.6) is 0 Å². The summed E-state index contributed by atoms with van der Waals surface area (Å²) < 4.78 is 15.5. The van der Waals surface area contributed by atoms with Gasteiger partial charge in [-0.15, -0.1) is 0 Å². The monoisotopic (exact) mass is 271 g/mol. The summed E-state index contributed by atoms with van der Waals surface area (Å²) in [6.45, 7) is 2.72. The maximum absolute atomic E-state index is 5.35. The first-order chi connectivity index (χ1) is 8.67. The molecule has 0 amide bonds. The van der Waals surface area contributed by atoms with Gasteiger partial charge in [0.05, 0.1) is 0 Å². The molecule has 0 aliphatic rings. The van der Waals surface area contributed by atoms with E-state index in [1.807, 2.05) is 30.3 Å². The average Bonchev–Trinajstić information content (AvgIpc) is 2.46. The number of nitrogens with two attached hydrogens (primary N) is 1. The second kappa shape index (κ2) is 10.2. The molecule has 0 radical (unpaired) electrons. The van der Waals surface area contributed by atoms with Crippen molar-refractivity contribution < 1.29 is 13.3 Å². The minimum atomic E-state index is -2.22. The van der Waals surface area contributed by atoms with E-state index in [4.69, 9.17) is 19.0 Å². The Hall–Kier alpha value is -0.723. The molecule has 0 heterocycles. The number of benzene rings is 1. The van der Waals surface area contributed by atoms with Crippen LogP contribution in [0.4, 0.5) is 0 Å². The van der Waals surface area contributed by atoms with Gasteiger partial charge < -0.3 is 19.0 Å². The highest BCUT2D eigenvalue weighted by molar-refractivity contribution is 6.60. The highest BCUT2D eigenvalue weighted by Crippen LogP contribution is 2.13. The van der Waals surface area contributed by atoms with Crippen molar-refractivity contribution in [1.82, 2.24) is 0 Å². The minimum Gasteiger partial charge on any atom is -0.377 e. The molecule has 1 aromatic carbocycles. The zero-order valence-electron chi connectivity index (χ0n) is 11.8. The zero-order valence-corrected chi connectivity index (χ0v) is 12.8. The van der Waals surface area contributed by atoms with Crippen LogP contribution in [0, 0.1) is 0 Å². The Morgan fingerprint density at radius 1 is 1.00 bits per heavy atom. The van der Waals surface area contributed by atoms with Gasteiger partial charge in [-0.1, -0.05) is 43.7 Å². The van der Waals surface area contributed by atoms with Crippen LogP contribution >= 0.6 is 0 Å². The maximum Gasteiger partial charge on any atom is 0.500 e. The smallest absolute Gasteiger partial charge is 0.377 e. The van der Waals surface area contributed by atoms with Crippen molar-refractivity contribution in [3.05, 3.63) is 35.9 Å². The molecule has 0 aromatic heterocycles. The molecule has 2 N–H and O–H groups in total. The summed E-state index contributed by atoms with van der Waals surface area (Å²) in [6.07, 6.45) is 1.03. The fourth-order valence-electron chi connectivity index (χ4n) is 1.48. The van der Waals surface area contributed by atoms with E-state index in [0.717, 1.165) is 12.5 Å². The third-order valence-corrected chi connectivity index (χ3v) is 5.55. The topological polar surface area (TPSA) is 53.7 Å². The lowest BCUT2D eigenvalue weighted by molar-refractivity contribution is 0.123. The summed E-state index contributed by atoms with van der Waals surface area (Å²) in [6, 6.07) is 10.9. The van der Waals surface area contributed by atoms with Crippen LogP contribution in [0.3, 0.4) is 0 Å². The number of rotatable bonds is 6. The van der Waals surface area contributed by atoms with E-state index in [9.17, 15) is 0 Å². The predicted octanol–water partition coefficient (Wildman–Crippen LogP) is 2.42. The summed E-state index contributed by atoms with van der Waals surface area (Å²) >= 11 is 0. The van der Waals surface area contributed by atoms with E-state index in [1.165, 1.54) is 5.56 Å². The molecule has 0 atom stereocenters. The van der Waals surface area contributed by atoms with Crippen LogP contribution < -0.4 is 5.73 Å². The quantitative estimate of drug-likeness (QED) is 0.807. The number of hydrogen-bond donors (Lipinski definition) is 1. The van der Waals surface area contributed by atoms with Gasteiger partial charge in [-0.25, -0.2) is 0 Å². The average molecular weight is 271 g/mol. The molecule has 18 heavy (non-hydrogen) atoms. The van der Waals surface area contributed by atoms with Crippen LogP contribution in [-0.4, -0.2) is 30.1 Å². The summed E-state index contributed by atoms with van der Waals surface area (Å²) in [5.41, 5.74) is 6.54. The van der Waals surface area contributed by atoms with E-state index >= 15 is 0 Å². The molecule has 1 rings (SSSR count). The molecule has 4 nitrogen and oxygen atoms in total. The molecule has 0 aliphatic heterocycles. The Morgan fingerprint density at radius 3 is 1.72 bits per heavy atom. The molecule has 0 unspecified atom stereocenters. The van der Waals surface area contributed by atoms with Crippen molar-refractivity contribution in [2.45, 2.75) is 25.9 Å². The van der Waals surface area contributed by atoms with Gasteiger partial charge in [-0.3, -0.25) is 0 Å². The van der Waals surface area contributed by atoms with Gasteiger partial charge in [-0.2, -0.15) is 0 Å². The van der Waals surface area contributed by atoms with Gasteiger partial charge in [-0.05, 0) is 5.56 Å². The highest BCUT2D eigenvalue weighted by atomic mass is 28.4. The molecular formula is C13H25NO3Si. The van der Waals surface area contributed by atoms with E-state index in [2.05, 4.69) is 6.92 Å². The molecule has 0 spiro atoms. The first kappa shape index (κ1) is 17.3. The standard InChI is InChI=1S/C7H9N.C6H16O3Si/c8-6-7-4-2-1-3-5-7;1-5-6-10(7-2,8-3)9-4/h1-5H,6,8H2;5-6H2,1-4H3. The van der Waals surface area contributed by atoms with Crippen molar-refractivity contribution in [2.24, 2.45) is 5.73 Å². The van der Waals surface area contributed by atoms with Gasteiger partial charge in [0.1, 0.15) is 0 Å². The van der Waals surface area contributed by atoms with Gasteiger partial charge in [0.25, 0.3) is 0 Å². The minimum absolute atomic E-state index is 0.640. The van der Waals surface area contributed by atoms with Crippen LogP contribution in [0.15, 0.2) is 30.3 Å². The van der Waals surface area contributed by atoms with Crippen LogP contribution in [0.25, 0.3) is 0 Å². The number of hydrogen-bond acceptors (Lipinski definition) is 4. The third kappa shape index (κ3) is 6.27. The van der Waals surface area contributed by atoms with E-state index < -0.39 is 8.80 Å². The second-order valence-corrected chi connectivity index (χ2v) is 6.83. The Balaban J connectivity index is 0.000000327. The van der Waals surface area contributed by atoms with Crippen LogP contribution in [-0.2, 0) is 19.8 Å². The molecule has 0 aliphatic carbocycles. The first-order valence-corrected chi connectivity index (χ1v) is 8.00. The lowest BCUT2D eigenvalue weighted by atomic mass is 10.2.